The maximum Gasteiger partial charge on any atom is 0.252 e. The van der Waals surface area contributed by atoms with E-state index in [2.05, 4.69) is 57.9 Å². The lowest BCUT2D eigenvalue weighted by molar-refractivity contribution is 0.0900. The van der Waals surface area contributed by atoms with Gasteiger partial charge in [0, 0.05) is 15.8 Å². The molecule has 1 atom stereocenters. The SMILES string of the molecule is CC(C)(C)C(CCBr)NC(=O)c1ccc(F)cc1Br. The molecule has 0 aliphatic rings. The lowest BCUT2D eigenvalue weighted by atomic mass is 9.85. The zero-order valence-corrected chi connectivity index (χ0v) is 14.4. The fraction of sp³-hybridized carbons (Fsp3) is 0.500. The van der Waals surface area contributed by atoms with Crippen molar-refractivity contribution in [3.63, 3.8) is 0 Å². The highest BCUT2D eigenvalue weighted by Gasteiger charge is 2.26. The summed E-state index contributed by atoms with van der Waals surface area (Å²) in [4.78, 5) is 12.2. The van der Waals surface area contributed by atoms with Crippen molar-refractivity contribution >= 4 is 37.8 Å². The number of carbonyl (C=O) groups excluding carboxylic acids is 1. The van der Waals surface area contributed by atoms with Gasteiger partial charge in [0.15, 0.2) is 0 Å². The van der Waals surface area contributed by atoms with Gasteiger partial charge in [-0.25, -0.2) is 4.39 Å². The summed E-state index contributed by atoms with van der Waals surface area (Å²) in [5, 5.41) is 3.83. The minimum atomic E-state index is -0.365. The summed E-state index contributed by atoms with van der Waals surface area (Å²) in [6, 6.07) is 4.13. The molecule has 0 aliphatic heterocycles. The van der Waals surface area contributed by atoms with Gasteiger partial charge < -0.3 is 5.32 Å². The molecule has 0 saturated carbocycles. The first kappa shape index (κ1) is 16.6. The summed E-state index contributed by atoms with van der Waals surface area (Å²) >= 11 is 6.62. The Balaban J connectivity index is 2.88. The number of halogens is 3. The number of rotatable bonds is 4. The highest BCUT2D eigenvalue weighted by atomic mass is 79.9. The standard InChI is InChI=1S/C14H18Br2FNO/c1-14(2,3)12(6-7-15)18-13(19)10-5-4-9(17)8-11(10)16/h4-5,8,12H,6-7H2,1-3H3,(H,18,19). The fourth-order valence-corrected chi connectivity index (χ4v) is 2.73. The summed E-state index contributed by atoms with van der Waals surface area (Å²) in [6.45, 7) is 6.25. The van der Waals surface area contributed by atoms with E-state index in [4.69, 9.17) is 0 Å². The molecule has 0 bridgehead atoms. The van der Waals surface area contributed by atoms with Crippen LogP contribution in [0.1, 0.15) is 37.6 Å². The highest BCUT2D eigenvalue weighted by Crippen LogP contribution is 2.24. The monoisotopic (exact) mass is 393 g/mol. The van der Waals surface area contributed by atoms with Crippen molar-refractivity contribution in [2.75, 3.05) is 5.33 Å². The largest absolute Gasteiger partial charge is 0.349 e. The van der Waals surface area contributed by atoms with Crippen LogP contribution in [0.5, 0.6) is 0 Å². The molecule has 106 valence electrons. The Kier molecular flexibility index (Phi) is 5.99. The first-order valence-corrected chi connectivity index (χ1v) is 7.99. The minimum Gasteiger partial charge on any atom is -0.349 e. The molecule has 1 unspecified atom stereocenters. The molecule has 1 amide bonds. The van der Waals surface area contributed by atoms with E-state index in [1.54, 1.807) is 0 Å². The summed E-state index contributed by atoms with van der Waals surface area (Å²) in [6.07, 6.45) is 0.841. The fourth-order valence-electron chi connectivity index (χ4n) is 1.74. The van der Waals surface area contributed by atoms with E-state index in [1.165, 1.54) is 18.2 Å². The predicted octanol–water partition coefficient (Wildman–Crippen LogP) is 4.52. The van der Waals surface area contributed by atoms with Gasteiger partial charge in [-0.2, -0.15) is 0 Å². The van der Waals surface area contributed by atoms with Gasteiger partial charge in [-0.1, -0.05) is 36.7 Å². The average molecular weight is 395 g/mol. The lowest BCUT2D eigenvalue weighted by Gasteiger charge is -2.31. The molecular weight excluding hydrogens is 377 g/mol. The zero-order valence-electron chi connectivity index (χ0n) is 11.3. The third-order valence-corrected chi connectivity index (χ3v) is 4.04. The Morgan fingerprint density at radius 2 is 2.05 bits per heavy atom. The number of nitrogens with one attached hydrogen (secondary N) is 1. The quantitative estimate of drug-likeness (QED) is 0.747. The van der Waals surface area contributed by atoms with Crippen molar-refractivity contribution in [2.24, 2.45) is 5.41 Å². The molecule has 0 spiro atoms. The maximum absolute atomic E-state index is 13.0. The number of hydrogen-bond donors (Lipinski definition) is 1. The number of benzene rings is 1. The van der Waals surface area contributed by atoms with E-state index in [-0.39, 0.29) is 23.2 Å². The van der Waals surface area contributed by atoms with Crippen LogP contribution in [0.2, 0.25) is 0 Å². The van der Waals surface area contributed by atoms with Crippen LogP contribution in [-0.4, -0.2) is 17.3 Å². The van der Waals surface area contributed by atoms with Gasteiger partial charge in [0.2, 0.25) is 0 Å². The Hall–Kier alpha value is -0.420. The number of amides is 1. The Morgan fingerprint density at radius 3 is 2.53 bits per heavy atom. The number of hydrogen-bond acceptors (Lipinski definition) is 1. The van der Waals surface area contributed by atoms with Gasteiger partial charge in [0.25, 0.3) is 5.91 Å². The molecule has 1 rings (SSSR count). The van der Waals surface area contributed by atoms with Crippen LogP contribution >= 0.6 is 31.9 Å². The van der Waals surface area contributed by atoms with Crippen molar-refractivity contribution in [2.45, 2.75) is 33.2 Å². The molecule has 0 radical (unpaired) electrons. The molecule has 1 N–H and O–H groups in total. The summed E-state index contributed by atoms with van der Waals surface area (Å²) in [7, 11) is 0. The second-order valence-electron chi connectivity index (χ2n) is 5.49. The average Bonchev–Trinajstić information content (AvgIpc) is 2.26. The van der Waals surface area contributed by atoms with Crippen LogP contribution in [0, 0.1) is 11.2 Å². The third-order valence-electron chi connectivity index (χ3n) is 2.92. The van der Waals surface area contributed by atoms with Gasteiger partial charge in [-0.15, -0.1) is 0 Å². The molecule has 0 aliphatic carbocycles. The lowest BCUT2D eigenvalue weighted by Crippen LogP contribution is -2.44. The van der Waals surface area contributed by atoms with Crippen LogP contribution < -0.4 is 5.32 Å². The molecule has 1 aromatic carbocycles. The first-order chi connectivity index (χ1) is 8.75. The summed E-state index contributed by atoms with van der Waals surface area (Å²) in [5.41, 5.74) is 0.417. The van der Waals surface area contributed by atoms with Crippen molar-refractivity contribution in [3.05, 3.63) is 34.1 Å². The van der Waals surface area contributed by atoms with Gasteiger partial charge >= 0.3 is 0 Å². The van der Waals surface area contributed by atoms with Crippen LogP contribution in [0.25, 0.3) is 0 Å². The summed E-state index contributed by atoms with van der Waals surface area (Å²) in [5.74, 6) is -0.552. The Morgan fingerprint density at radius 1 is 1.42 bits per heavy atom. The van der Waals surface area contributed by atoms with Gasteiger partial charge in [0.1, 0.15) is 5.82 Å². The second kappa shape index (κ2) is 6.84. The van der Waals surface area contributed by atoms with E-state index < -0.39 is 0 Å². The highest BCUT2D eigenvalue weighted by molar-refractivity contribution is 9.10. The van der Waals surface area contributed by atoms with Crippen molar-refractivity contribution in [1.29, 1.82) is 0 Å². The topological polar surface area (TPSA) is 29.1 Å². The third kappa shape index (κ3) is 4.88. The Bertz CT molecular complexity index is 457. The van der Waals surface area contributed by atoms with E-state index in [0.29, 0.717) is 10.0 Å². The second-order valence-corrected chi connectivity index (χ2v) is 7.14. The van der Waals surface area contributed by atoms with E-state index in [9.17, 15) is 9.18 Å². The molecule has 1 aromatic rings. The number of alkyl halides is 1. The van der Waals surface area contributed by atoms with Crippen LogP contribution in [0.4, 0.5) is 4.39 Å². The van der Waals surface area contributed by atoms with Crippen LogP contribution in [-0.2, 0) is 0 Å². The van der Waals surface area contributed by atoms with E-state index in [1.807, 2.05) is 0 Å². The number of carbonyl (C=O) groups is 1. The normalized spacial score (nSPS) is 13.2. The molecule has 19 heavy (non-hydrogen) atoms. The predicted molar refractivity (Wildman–Crippen MR) is 83.2 cm³/mol. The minimum absolute atomic E-state index is 0.0318. The van der Waals surface area contributed by atoms with Gasteiger partial charge in [-0.3, -0.25) is 4.79 Å². The molecule has 2 nitrogen and oxygen atoms in total. The first-order valence-electron chi connectivity index (χ1n) is 6.07. The molecule has 0 saturated heterocycles. The van der Waals surface area contributed by atoms with Crippen LogP contribution in [0.15, 0.2) is 22.7 Å². The molecule has 0 fully saturated rings. The van der Waals surface area contributed by atoms with E-state index in [0.717, 1.165) is 11.8 Å². The molecular formula is C14H18Br2FNO. The van der Waals surface area contributed by atoms with E-state index >= 15 is 0 Å². The van der Waals surface area contributed by atoms with Gasteiger partial charge in [0.05, 0.1) is 5.56 Å². The summed E-state index contributed by atoms with van der Waals surface area (Å²) < 4.78 is 13.5. The maximum atomic E-state index is 13.0. The van der Waals surface area contributed by atoms with Crippen LogP contribution in [0.3, 0.4) is 0 Å². The van der Waals surface area contributed by atoms with Crippen molar-refractivity contribution in [3.8, 4) is 0 Å². The molecule has 0 aromatic heterocycles. The Labute approximate surface area is 130 Å². The molecule has 0 heterocycles. The smallest absolute Gasteiger partial charge is 0.252 e. The zero-order chi connectivity index (χ0) is 14.6. The van der Waals surface area contributed by atoms with Crippen molar-refractivity contribution < 1.29 is 9.18 Å². The molecule has 5 heteroatoms. The van der Waals surface area contributed by atoms with Gasteiger partial charge in [-0.05, 0) is 46.0 Å². The van der Waals surface area contributed by atoms with Crippen molar-refractivity contribution in [1.82, 2.24) is 5.32 Å².